The number of carbonyl (C=O) groups excluding carboxylic acids is 1. The lowest BCUT2D eigenvalue weighted by Crippen LogP contribution is -2.14. The summed E-state index contributed by atoms with van der Waals surface area (Å²) >= 11 is 3.38. The molecule has 1 aromatic heterocycles. The van der Waals surface area contributed by atoms with E-state index in [9.17, 15) is 9.90 Å². The topological polar surface area (TPSA) is 75.4 Å². The molecule has 0 radical (unpaired) electrons. The zero-order valence-corrected chi connectivity index (χ0v) is 15.7. The molecule has 0 aliphatic carbocycles. The second kappa shape index (κ2) is 7.25. The van der Waals surface area contributed by atoms with Crippen molar-refractivity contribution in [1.29, 1.82) is 0 Å². The van der Waals surface area contributed by atoms with Gasteiger partial charge < -0.3 is 14.8 Å². The highest BCUT2D eigenvalue weighted by molar-refractivity contribution is 9.10. The van der Waals surface area contributed by atoms with E-state index in [-0.39, 0.29) is 18.1 Å². The lowest BCUT2D eigenvalue weighted by Gasteiger charge is -2.08. The van der Waals surface area contributed by atoms with E-state index in [0.29, 0.717) is 28.2 Å². The lowest BCUT2D eigenvalue weighted by molar-refractivity contribution is -0.115. The van der Waals surface area contributed by atoms with Gasteiger partial charge in [-0.1, -0.05) is 40.2 Å². The Morgan fingerprint density at radius 3 is 2.63 bits per heavy atom. The number of nitrogens with zero attached hydrogens (tertiary/aromatic N) is 1. The quantitative estimate of drug-likeness (QED) is 0.446. The van der Waals surface area contributed by atoms with Gasteiger partial charge in [0.05, 0.1) is 12.0 Å². The minimum absolute atomic E-state index is 0.0347. The zero-order valence-electron chi connectivity index (χ0n) is 14.1. The highest BCUT2D eigenvalue weighted by Crippen LogP contribution is 2.33. The van der Waals surface area contributed by atoms with Crippen LogP contribution in [0.2, 0.25) is 0 Å². The summed E-state index contributed by atoms with van der Waals surface area (Å²) in [5.74, 6) is 0.191. The fourth-order valence-corrected chi connectivity index (χ4v) is 3.03. The Bertz CT molecular complexity index is 1090. The van der Waals surface area contributed by atoms with E-state index >= 15 is 0 Å². The Labute approximate surface area is 163 Å². The van der Waals surface area contributed by atoms with E-state index in [2.05, 4.69) is 26.2 Å². The first-order chi connectivity index (χ1) is 13.1. The van der Waals surface area contributed by atoms with Crippen molar-refractivity contribution in [1.82, 2.24) is 4.98 Å². The van der Waals surface area contributed by atoms with Crippen LogP contribution >= 0.6 is 15.9 Å². The third-order valence-corrected chi connectivity index (χ3v) is 4.61. The van der Waals surface area contributed by atoms with Gasteiger partial charge >= 0.3 is 0 Å². The summed E-state index contributed by atoms with van der Waals surface area (Å²) in [6.07, 6.45) is 0.256. The number of amides is 1. The van der Waals surface area contributed by atoms with Gasteiger partial charge in [-0.05, 0) is 48.0 Å². The molecule has 1 amide bonds. The zero-order chi connectivity index (χ0) is 18.8. The van der Waals surface area contributed by atoms with Crippen molar-refractivity contribution >= 4 is 38.6 Å². The van der Waals surface area contributed by atoms with Crippen LogP contribution in [-0.4, -0.2) is 16.0 Å². The van der Waals surface area contributed by atoms with E-state index in [0.717, 1.165) is 10.0 Å². The summed E-state index contributed by atoms with van der Waals surface area (Å²) in [5, 5.41) is 13.0. The number of phenolic OH excluding ortho intramolecular Hbond substituents is 1. The Morgan fingerprint density at radius 2 is 1.85 bits per heavy atom. The molecule has 134 valence electrons. The molecule has 0 atom stereocenters. The van der Waals surface area contributed by atoms with Gasteiger partial charge in [-0.2, -0.15) is 0 Å². The average Bonchev–Trinajstić information content (AvgIpc) is 3.09. The number of anilines is 1. The van der Waals surface area contributed by atoms with Gasteiger partial charge in [0.1, 0.15) is 11.3 Å². The molecule has 0 aliphatic rings. The van der Waals surface area contributed by atoms with E-state index in [4.69, 9.17) is 4.42 Å². The van der Waals surface area contributed by atoms with Crippen LogP contribution in [0.3, 0.4) is 0 Å². The minimum atomic E-state index is -0.147. The first-order valence-corrected chi connectivity index (χ1v) is 9.11. The summed E-state index contributed by atoms with van der Waals surface area (Å²) in [5.41, 5.74) is 3.24. The number of para-hydroxylation sites is 2. The standard InChI is InChI=1S/C21H15BrN2O3/c22-14-7-5-13(6-8-14)11-20(26)23-15-9-10-18(25)16(12-15)21-24-17-3-1-2-4-19(17)27-21/h1-10,12,25H,11H2,(H,23,26). The molecule has 5 nitrogen and oxygen atoms in total. The van der Waals surface area contributed by atoms with Crippen molar-refractivity contribution in [3.8, 4) is 17.2 Å². The second-order valence-corrected chi connectivity index (χ2v) is 6.99. The molecule has 6 heteroatoms. The number of hydrogen-bond acceptors (Lipinski definition) is 4. The number of aromatic nitrogens is 1. The maximum atomic E-state index is 12.3. The summed E-state index contributed by atoms with van der Waals surface area (Å²) in [4.78, 5) is 16.7. The summed E-state index contributed by atoms with van der Waals surface area (Å²) < 4.78 is 6.68. The van der Waals surface area contributed by atoms with Gasteiger partial charge in [0.15, 0.2) is 5.58 Å². The van der Waals surface area contributed by atoms with E-state index in [1.165, 1.54) is 6.07 Å². The van der Waals surface area contributed by atoms with Gasteiger partial charge in [-0.3, -0.25) is 4.79 Å². The fraction of sp³-hybridized carbons (Fsp3) is 0.0476. The number of fused-ring (bicyclic) bond motifs is 1. The Kier molecular flexibility index (Phi) is 4.64. The molecule has 0 spiro atoms. The summed E-state index contributed by atoms with van der Waals surface area (Å²) in [6, 6.07) is 19.8. The Hall–Kier alpha value is -3.12. The van der Waals surface area contributed by atoms with Crippen LogP contribution in [0.5, 0.6) is 5.75 Å². The molecule has 0 bridgehead atoms. The number of nitrogens with one attached hydrogen (secondary N) is 1. The maximum absolute atomic E-state index is 12.3. The van der Waals surface area contributed by atoms with Gasteiger partial charge in [-0.15, -0.1) is 0 Å². The lowest BCUT2D eigenvalue weighted by atomic mass is 10.1. The molecule has 4 rings (SSSR count). The Balaban J connectivity index is 1.56. The minimum Gasteiger partial charge on any atom is -0.507 e. The van der Waals surface area contributed by atoms with Crippen molar-refractivity contribution in [3.63, 3.8) is 0 Å². The number of phenols is 1. The monoisotopic (exact) mass is 422 g/mol. The predicted octanol–water partition coefficient (Wildman–Crippen LogP) is 5.14. The summed E-state index contributed by atoms with van der Waals surface area (Å²) in [7, 11) is 0. The van der Waals surface area contributed by atoms with E-state index in [1.54, 1.807) is 12.1 Å². The fourth-order valence-electron chi connectivity index (χ4n) is 2.77. The van der Waals surface area contributed by atoms with E-state index in [1.807, 2.05) is 48.5 Å². The molecule has 3 aromatic carbocycles. The first-order valence-electron chi connectivity index (χ1n) is 8.32. The average molecular weight is 423 g/mol. The molecule has 27 heavy (non-hydrogen) atoms. The highest BCUT2D eigenvalue weighted by Gasteiger charge is 2.14. The smallest absolute Gasteiger partial charge is 0.231 e. The number of benzene rings is 3. The van der Waals surface area contributed by atoms with Crippen LogP contribution in [0.4, 0.5) is 5.69 Å². The number of rotatable bonds is 4. The van der Waals surface area contributed by atoms with Gasteiger partial charge in [0.25, 0.3) is 0 Å². The van der Waals surface area contributed by atoms with Crippen LogP contribution in [0.1, 0.15) is 5.56 Å². The van der Waals surface area contributed by atoms with Crippen LogP contribution in [0.15, 0.2) is 75.6 Å². The van der Waals surface area contributed by atoms with Crippen LogP contribution in [0.25, 0.3) is 22.6 Å². The van der Waals surface area contributed by atoms with Crippen LogP contribution in [0, 0.1) is 0 Å². The summed E-state index contributed by atoms with van der Waals surface area (Å²) in [6.45, 7) is 0. The second-order valence-electron chi connectivity index (χ2n) is 6.07. The molecule has 0 unspecified atom stereocenters. The molecular formula is C21H15BrN2O3. The normalized spacial score (nSPS) is 10.9. The molecule has 1 heterocycles. The largest absolute Gasteiger partial charge is 0.507 e. The van der Waals surface area contributed by atoms with Gasteiger partial charge in [0, 0.05) is 10.2 Å². The van der Waals surface area contributed by atoms with Gasteiger partial charge in [-0.25, -0.2) is 4.98 Å². The number of hydrogen-bond donors (Lipinski definition) is 2. The van der Waals surface area contributed by atoms with Crippen molar-refractivity contribution in [2.45, 2.75) is 6.42 Å². The molecule has 0 aliphatic heterocycles. The number of carbonyl (C=O) groups is 1. The van der Waals surface area contributed by atoms with Crippen molar-refractivity contribution < 1.29 is 14.3 Å². The molecule has 2 N–H and O–H groups in total. The third-order valence-electron chi connectivity index (χ3n) is 4.08. The molecule has 0 fully saturated rings. The Morgan fingerprint density at radius 1 is 1.07 bits per heavy atom. The van der Waals surface area contributed by atoms with E-state index < -0.39 is 0 Å². The van der Waals surface area contributed by atoms with Crippen LogP contribution in [-0.2, 0) is 11.2 Å². The third kappa shape index (κ3) is 3.85. The van der Waals surface area contributed by atoms with Gasteiger partial charge in [0.2, 0.25) is 11.8 Å². The predicted molar refractivity (Wildman–Crippen MR) is 108 cm³/mol. The van der Waals surface area contributed by atoms with Crippen molar-refractivity contribution in [2.24, 2.45) is 0 Å². The molecule has 0 saturated carbocycles. The molecule has 4 aromatic rings. The van der Waals surface area contributed by atoms with Crippen molar-refractivity contribution in [3.05, 3.63) is 76.8 Å². The maximum Gasteiger partial charge on any atom is 0.231 e. The van der Waals surface area contributed by atoms with Crippen LogP contribution < -0.4 is 5.32 Å². The molecular weight excluding hydrogens is 408 g/mol. The number of aromatic hydroxyl groups is 1. The first kappa shape index (κ1) is 17.3. The molecule has 0 saturated heterocycles. The SMILES string of the molecule is O=C(Cc1ccc(Br)cc1)Nc1ccc(O)c(-c2nc3ccccc3o2)c1. The number of oxazole rings is 1. The van der Waals surface area contributed by atoms with Crippen molar-refractivity contribution in [2.75, 3.05) is 5.32 Å². The highest BCUT2D eigenvalue weighted by atomic mass is 79.9. The number of halogens is 1.